The molecule has 2 heterocycles. The van der Waals surface area contributed by atoms with Gasteiger partial charge in [0.25, 0.3) is 0 Å². The van der Waals surface area contributed by atoms with E-state index in [0.29, 0.717) is 19.1 Å². The number of carbonyl (C=O) groups is 1. The molecule has 2 fully saturated rings. The molecule has 0 bridgehead atoms. The number of aliphatic imine (C=N–C) groups is 1. The number of pyridine rings is 1. The molecule has 1 aromatic rings. The molecule has 7 nitrogen and oxygen atoms in total. The van der Waals surface area contributed by atoms with Crippen molar-refractivity contribution in [3.05, 3.63) is 29.6 Å². The SMILES string of the molecule is CN=C(NCc1ncccc1C)N1CCN(CC(=O)NC2CC2)CC1. The summed E-state index contributed by atoms with van der Waals surface area (Å²) in [5.74, 6) is 1.05. The maximum absolute atomic E-state index is 11.9. The lowest BCUT2D eigenvalue weighted by Gasteiger charge is -2.36. The van der Waals surface area contributed by atoms with Crippen LogP contribution < -0.4 is 10.6 Å². The highest BCUT2D eigenvalue weighted by molar-refractivity contribution is 5.80. The highest BCUT2D eigenvalue weighted by Crippen LogP contribution is 2.18. The molecule has 1 aromatic heterocycles. The van der Waals surface area contributed by atoms with Crippen molar-refractivity contribution in [1.29, 1.82) is 0 Å². The van der Waals surface area contributed by atoms with Crippen molar-refractivity contribution >= 4 is 11.9 Å². The lowest BCUT2D eigenvalue weighted by atomic mass is 10.2. The van der Waals surface area contributed by atoms with Crippen LogP contribution in [0.5, 0.6) is 0 Å². The van der Waals surface area contributed by atoms with E-state index in [1.807, 2.05) is 19.3 Å². The van der Waals surface area contributed by atoms with Crippen molar-refractivity contribution in [3.63, 3.8) is 0 Å². The third-order valence-corrected chi connectivity index (χ3v) is 4.73. The van der Waals surface area contributed by atoms with Gasteiger partial charge in [-0.3, -0.25) is 19.7 Å². The summed E-state index contributed by atoms with van der Waals surface area (Å²) in [5.41, 5.74) is 2.22. The van der Waals surface area contributed by atoms with Crippen molar-refractivity contribution < 1.29 is 4.79 Å². The molecule has 1 aliphatic carbocycles. The van der Waals surface area contributed by atoms with Gasteiger partial charge in [-0.1, -0.05) is 6.07 Å². The Hall–Kier alpha value is -2.15. The summed E-state index contributed by atoms with van der Waals surface area (Å²) in [4.78, 5) is 25.2. The molecular formula is C18H28N6O. The first kappa shape index (κ1) is 17.7. The van der Waals surface area contributed by atoms with Gasteiger partial charge in [-0.25, -0.2) is 0 Å². The molecule has 7 heteroatoms. The van der Waals surface area contributed by atoms with Gasteiger partial charge in [0.05, 0.1) is 18.8 Å². The fraction of sp³-hybridized carbons (Fsp3) is 0.611. The topological polar surface area (TPSA) is 72.9 Å². The number of aryl methyl sites for hydroxylation is 1. The van der Waals surface area contributed by atoms with E-state index < -0.39 is 0 Å². The van der Waals surface area contributed by atoms with Crippen LogP contribution in [0.25, 0.3) is 0 Å². The fourth-order valence-electron chi connectivity index (χ4n) is 3.02. The molecule has 1 saturated heterocycles. The molecule has 3 rings (SSSR count). The average molecular weight is 344 g/mol. The lowest BCUT2D eigenvalue weighted by Crippen LogP contribution is -2.54. The van der Waals surface area contributed by atoms with Gasteiger partial charge in [0, 0.05) is 45.5 Å². The number of nitrogens with one attached hydrogen (secondary N) is 2. The van der Waals surface area contributed by atoms with Crippen LogP contribution in [0.3, 0.4) is 0 Å². The summed E-state index contributed by atoms with van der Waals surface area (Å²) in [7, 11) is 1.81. The second-order valence-electron chi connectivity index (χ2n) is 6.77. The van der Waals surface area contributed by atoms with E-state index in [1.165, 1.54) is 5.56 Å². The number of carbonyl (C=O) groups excluding carboxylic acids is 1. The molecule has 25 heavy (non-hydrogen) atoms. The van der Waals surface area contributed by atoms with Crippen molar-refractivity contribution in [2.75, 3.05) is 39.8 Å². The predicted octanol–water partition coefficient (Wildman–Crippen LogP) is 0.362. The molecule has 0 radical (unpaired) electrons. The van der Waals surface area contributed by atoms with Gasteiger partial charge in [-0.05, 0) is 31.4 Å². The van der Waals surface area contributed by atoms with Crippen molar-refractivity contribution in [2.24, 2.45) is 4.99 Å². The van der Waals surface area contributed by atoms with Crippen molar-refractivity contribution in [2.45, 2.75) is 32.4 Å². The zero-order valence-electron chi connectivity index (χ0n) is 15.2. The lowest BCUT2D eigenvalue weighted by molar-refractivity contribution is -0.122. The first-order valence-electron chi connectivity index (χ1n) is 9.03. The van der Waals surface area contributed by atoms with Gasteiger partial charge in [0.2, 0.25) is 5.91 Å². The van der Waals surface area contributed by atoms with E-state index in [1.54, 1.807) is 0 Å². The highest BCUT2D eigenvalue weighted by atomic mass is 16.2. The first-order chi connectivity index (χ1) is 12.2. The largest absolute Gasteiger partial charge is 0.352 e. The van der Waals surface area contributed by atoms with Crippen LogP contribution >= 0.6 is 0 Å². The zero-order valence-corrected chi connectivity index (χ0v) is 15.2. The Morgan fingerprint density at radius 3 is 2.72 bits per heavy atom. The smallest absolute Gasteiger partial charge is 0.234 e. The van der Waals surface area contributed by atoms with Crippen LogP contribution in [0, 0.1) is 6.92 Å². The van der Waals surface area contributed by atoms with Crippen LogP contribution in [0.2, 0.25) is 0 Å². The van der Waals surface area contributed by atoms with Gasteiger partial charge in [0.1, 0.15) is 0 Å². The van der Waals surface area contributed by atoms with Gasteiger partial charge in [-0.2, -0.15) is 0 Å². The molecule has 0 aromatic carbocycles. The number of guanidine groups is 1. The van der Waals surface area contributed by atoms with E-state index in [-0.39, 0.29) is 5.91 Å². The highest BCUT2D eigenvalue weighted by Gasteiger charge is 2.25. The molecule has 2 aliphatic rings. The first-order valence-corrected chi connectivity index (χ1v) is 9.03. The maximum Gasteiger partial charge on any atom is 0.234 e. The van der Waals surface area contributed by atoms with E-state index in [4.69, 9.17) is 0 Å². The maximum atomic E-state index is 11.9. The quantitative estimate of drug-likeness (QED) is 0.596. The molecule has 0 spiro atoms. The number of nitrogens with zero attached hydrogens (tertiary/aromatic N) is 4. The fourth-order valence-corrected chi connectivity index (χ4v) is 3.02. The number of piperazine rings is 1. The Morgan fingerprint density at radius 1 is 1.32 bits per heavy atom. The summed E-state index contributed by atoms with van der Waals surface area (Å²) < 4.78 is 0. The van der Waals surface area contributed by atoms with Gasteiger partial charge in [0.15, 0.2) is 5.96 Å². The second kappa shape index (κ2) is 8.29. The molecule has 136 valence electrons. The number of aromatic nitrogens is 1. The number of hydrogen-bond donors (Lipinski definition) is 2. The third kappa shape index (κ3) is 5.16. The normalized spacial score (nSPS) is 19.0. The summed E-state index contributed by atoms with van der Waals surface area (Å²) in [6.07, 6.45) is 4.09. The van der Waals surface area contributed by atoms with Gasteiger partial charge < -0.3 is 15.5 Å². The molecule has 1 aliphatic heterocycles. The van der Waals surface area contributed by atoms with E-state index in [0.717, 1.165) is 50.7 Å². The van der Waals surface area contributed by atoms with E-state index in [9.17, 15) is 4.79 Å². The third-order valence-electron chi connectivity index (χ3n) is 4.73. The summed E-state index contributed by atoms with van der Waals surface area (Å²) in [6.45, 7) is 6.74. The van der Waals surface area contributed by atoms with Crippen LogP contribution in [-0.2, 0) is 11.3 Å². The number of hydrogen-bond acceptors (Lipinski definition) is 4. The Bertz CT molecular complexity index is 620. The standard InChI is InChI=1S/C18H28N6O/c1-14-4-3-7-20-16(14)12-21-18(19-2)24-10-8-23(9-11-24)13-17(25)22-15-5-6-15/h3-4,7,15H,5-6,8-13H2,1-2H3,(H,19,21)(H,22,25). The van der Waals surface area contributed by atoms with E-state index in [2.05, 4.69) is 43.4 Å². The molecule has 1 saturated carbocycles. The average Bonchev–Trinajstić information content (AvgIpc) is 3.42. The molecule has 0 atom stereocenters. The van der Waals surface area contributed by atoms with Gasteiger partial charge >= 0.3 is 0 Å². The Morgan fingerprint density at radius 2 is 2.08 bits per heavy atom. The van der Waals surface area contributed by atoms with Crippen LogP contribution in [0.4, 0.5) is 0 Å². The van der Waals surface area contributed by atoms with Crippen LogP contribution in [0.1, 0.15) is 24.1 Å². The predicted molar refractivity (Wildman–Crippen MR) is 98.4 cm³/mol. The summed E-state index contributed by atoms with van der Waals surface area (Å²) in [5, 5.41) is 6.45. The van der Waals surface area contributed by atoms with Crippen molar-refractivity contribution in [1.82, 2.24) is 25.4 Å². The van der Waals surface area contributed by atoms with Crippen LogP contribution in [-0.4, -0.2) is 72.5 Å². The molecular weight excluding hydrogens is 316 g/mol. The number of rotatable bonds is 5. The van der Waals surface area contributed by atoms with Crippen LogP contribution in [0.15, 0.2) is 23.3 Å². The Labute approximate surface area is 149 Å². The summed E-state index contributed by atoms with van der Waals surface area (Å²) in [6, 6.07) is 4.46. The molecule has 1 amide bonds. The number of amides is 1. The second-order valence-corrected chi connectivity index (χ2v) is 6.77. The molecule has 2 N–H and O–H groups in total. The minimum atomic E-state index is 0.157. The van der Waals surface area contributed by atoms with Crippen molar-refractivity contribution in [3.8, 4) is 0 Å². The Balaban J connectivity index is 1.43. The monoisotopic (exact) mass is 344 g/mol. The molecule has 0 unspecified atom stereocenters. The minimum Gasteiger partial charge on any atom is -0.352 e. The summed E-state index contributed by atoms with van der Waals surface area (Å²) >= 11 is 0. The zero-order chi connectivity index (χ0) is 17.6. The Kier molecular flexibility index (Phi) is 5.86. The minimum absolute atomic E-state index is 0.157. The van der Waals surface area contributed by atoms with E-state index >= 15 is 0 Å². The van der Waals surface area contributed by atoms with Gasteiger partial charge in [-0.15, -0.1) is 0 Å².